The minimum atomic E-state index is 0.0563. The Morgan fingerprint density at radius 1 is 1.38 bits per heavy atom. The Morgan fingerprint density at radius 2 is 2.24 bits per heavy atom. The molecule has 1 aromatic rings. The minimum Gasteiger partial charge on any atom is -0.396 e. The Morgan fingerprint density at radius 3 is 3.05 bits per heavy atom. The molecular weight excluding hydrogens is 284 g/mol. The van der Waals surface area contributed by atoms with Crippen molar-refractivity contribution in [1.29, 1.82) is 0 Å². The number of rotatable bonds is 2. The van der Waals surface area contributed by atoms with Gasteiger partial charge in [-0.25, -0.2) is 4.79 Å². The number of carbonyl (C=O) groups excluding carboxylic acids is 1. The summed E-state index contributed by atoms with van der Waals surface area (Å²) in [6, 6.07) is 9.05. The molecule has 2 fully saturated rings. The molecule has 4 unspecified atom stereocenters. The highest BCUT2D eigenvalue weighted by Crippen LogP contribution is 2.42. The van der Waals surface area contributed by atoms with Crippen molar-refractivity contribution >= 4 is 17.8 Å². The molecule has 3 aliphatic rings. The van der Waals surface area contributed by atoms with Gasteiger partial charge in [0, 0.05) is 35.3 Å². The van der Waals surface area contributed by atoms with Crippen molar-refractivity contribution in [1.82, 2.24) is 10.2 Å². The lowest BCUT2D eigenvalue weighted by Gasteiger charge is -2.26. The Hall–Kier alpha value is -1.20. The Kier molecular flexibility index (Phi) is 3.34. The third-order valence-electron chi connectivity index (χ3n) is 5.13. The predicted octanol–water partition coefficient (Wildman–Crippen LogP) is 2.39. The molecule has 2 saturated heterocycles. The van der Waals surface area contributed by atoms with Gasteiger partial charge < -0.3 is 15.3 Å². The van der Waals surface area contributed by atoms with E-state index in [1.165, 1.54) is 10.5 Å². The van der Waals surface area contributed by atoms with E-state index in [9.17, 15) is 9.90 Å². The molecule has 0 spiro atoms. The molecule has 2 N–H and O–H groups in total. The van der Waals surface area contributed by atoms with Gasteiger partial charge in [-0.3, -0.25) is 0 Å². The lowest BCUT2D eigenvalue weighted by molar-refractivity contribution is 0.167. The maximum absolute atomic E-state index is 12.7. The highest BCUT2D eigenvalue weighted by molar-refractivity contribution is 7.99. The maximum atomic E-state index is 12.7. The first-order valence-corrected chi connectivity index (χ1v) is 8.68. The zero-order valence-corrected chi connectivity index (χ0v) is 12.7. The molecule has 1 aromatic carbocycles. The van der Waals surface area contributed by atoms with Gasteiger partial charge in [0.1, 0.15) is 0 Å². The summed E-state index contributed by atoms with van der Waals surface area (Å²) in [7, 11) is 0. The lowest BCUT2D eigenvalue weighted by Crippen LogP contribution is -2.45. The summed E-state index contributed by atoms with van der Waals surface area (Å²) in [6.45, 7) is 0.201. The van der Waals surface area contributed by atoms with E-state index in [-0.39, 0.29) is 30.6 Å². The fraction of sp³-hybridized carbons (Fsp3) is 0.562. The number of hydrogen-bond donors (Lipinski definition) is 2. The molecule has 0 saturated carbocycles. The molecule has 2 bridgehead atoms. The van der Waals surface area contributed by atoms with E-state index in [4.69, 9.17) is 0 Å². The number of aliphatic hydroxyl groups excluding tert-OH is 1. The molecule has 112 valence electrons. The lowest BCUT2D eigenvalue weighted by atomic mass is 9.90. The second-order valence-electron chi connectivity index (χ2n) is 6.24. The summed E-state index contributed by atoms with van der Waals surface area (Å²) in [5.41, 5.74) is 1.24. The number of hydrogen-bond acceptors (Lipinski definition) is 3. The zero-order valence-electron chi connectivity index (χ0n) is 11.9. The molecule has 4 nitrogen and oxygen atoms in total. The summed E-state index contributed by atoms with van der Waals surface area (Å²) in [6.07, 6.45) is 3.09. The van der Waals surface area contributed by atoms with Crippen molar-refractivity contribution in [2.75, 3.05) is 12.4 Å². The third-order valence-corrected chi connectivity index (χ3v) is 6.31. The van der Waals surface area contributed by atoms with E-state index in [0.29, 0.717) is 6.04 Å². The van der Waals surface area contributed by atoms with Crippen molar-refractivity contribution in [2.24, 2.45) is 5.92 Å². The smallest absolute Gasteiger partial charge is 0.318 e. The first-order valence-electron chi connectivity index (χ1n) is 7.69. The number of urea groups is 1. The van der Waals surface area contributed by atoms with Crippen molar-refractivity contribution in [2.45, 2.75) is 42.3 Å². The number of benzene rings is 1. The van der Waals surface area contributed by atoms with Crippen LogP contribution in [0.2, 0.25) is 0 Å². The van der Waals surface area contributed by atoms with Crippen LogP contribution in [0.25, 0.3) is 0 Å². The van der Waals surface area contributed by atoms with Crippen LogP contribution in [-0.4, -0.2) is 40.5 Å². The van der Waals surface area contributed by atoms with Crippen LogP contribution in [0.5, 0.6) is 0 Å². The Bertz CT molecular complexity index is 565. The van der Waals surface area contributed by atoms with E-state index in [0.717, 1.165) is 25.0 Å². The molecule has 0 aromatic heterocycles. The number of amides is 2. The zero-order chi connectivity index (χ0) is 14.4. The normalized spacial score (nSPS) is 33.3. The van der Waals surface area contributed by atoms with Crippen molar-refractivity contribution < 1.29 is 9.90 Å². The van der Waals surface area contributed by atoms with E-state index < -0.39 is 0 Å². The molecular formula is C16H20N2O2S. The maximum Gasteiger partial charge on any atom is 0.318 e. The largest absolute Gasteiger partial charge is 0.396 e. The van der Waals surface area contributed by atoms with E-state index >= 15 is 0 Å². The van der Waals surface area contributed by atoms with Crippen LogP contribution in [0.15, 0.2) is 29.2 Å². The van der Waals surface area contributed by atoms with E-state index in [2.05, 4.69) is 17.4 Å². The standard InChI is InChI=1S/C16H20N2O2S/c19-8-10-7-11-5-6-14(10)18(11)16(20)17-13-9-21-15-4-2-1-3-12(13)15/h1-4,10-11,13-14,19H,5-9H2,(H,17,20). The highest BCUT2D eigenvalue weighted by Gasteiger charge is 2.48. The number of aliphatic hydroxyl groups is 1. The topological polar surface area (TPSA) is 52.6 Å². The van der Waals surface area contributed by atoms with Crippen LogP contribution >= 0.6 is 11.8 Å². The quantitative estimate of drug-likeness (QED) is 0.882. The van der Waals surface area contributed by atoms with Crippen LogP contribution in [0, 0.1) is 5.92 Å². The second-order valence-corrected chi connectivity index (χ2v) is 7.30. The first-order chi connectivity index (χ1) is 10.3. The monoisotopic (exact) mass is 304 g/mol. The SMILES string of the molecule is O=C(NC1CSc2ccccc21)N1C2CCC1C(CO)C2. The first kappa shape index (κ1) is 13.5. The minimum absolute atomic E-state index is 0.0563. The summed E-state index contributed by atoms with van der Waals surface area (Å²) < 4.78 is 0. The van der Waals surface area contributed by atoms with Crippen LogP contribution in [-0.2, 0) is 0 Å². The average Bonchev–Trinajstić information content (AvgIpc) is 3.19. The van der Waals surface area contributed by atoms with Gasteiger partial charge in [-0.15, -0.1) is 11.8 Å². The fourth-order valence-electron chi connectivity index (χ4n) is 4.13. The molecule has 3 aliphatic heterocycles. The van der Waals surface area contributed by atoms with Gasteiger partial charge in [-0.1, -0.05) is 18.2 Å². The van der Waals surface area contributed by atoms with Gasteiger partial charge in [-0.2, -0.15) is 0 Å². The molecule has 4 atom stereocenters. The van der Waals surface area contributed by atoms with Crippen LogP contribution < -0.4 is 5.32 Å². The van der Waals surface area contributed by atoms with Gasteiger partial charge in [-0.05, 0) is 30.9 Å². The predicted molar refractivity (Wildman–Crippen MR) is 82.3 cm³/mol. The van der Waals surface area contributed by atoms with E-state index in [1.807, 2.05) is 28.8 Å². The summed E-state index contributed by atoms with van der Waals surface area (Å²) >= 11 is 1.81. The average molecular weight is 304 g/mol. The van der Waals surface area contributed by atoms with E-state index in [1.54, 1.807) is 0 Å². The number of nitrogens with one attached hydrogen (secondary N) is 1. The van der Waals surface area contributed by atoms with Gasteiger partial charge in [0.15, 0.2) is 0 Å². The molecule has 5 heteroatoms. The summed E-state index contributed by atoms with van der Waals surface area (Å²) in [5.74, 6) is 1.19. The van der Waals surface area contributed by atoms with Gasteiger partial charge >= 0.3 is 6.03 Å². The molecule has 21 heavy (non-hydrogen) atoms. The number of fused-ring (bicyclic) bond motifs is 3. The fourth-order valence-corrected chi connectivity index (χ4v) is 5.29. The summed E-state index contributed by atoms with van der Waals surface area (Å²) in [4.78, 5) is 15.9. The number of carbonyl (C=O) groups is 1. The van der Waals surface area contributed by atoms with Gasteiger partial charge in [0.05, 0.1) is 6.04 Å². The van der Waals surface area contributed by atoms with Crippen LogP contribution in [0.3, 0.4) is 0 Å². The molecule has 2 amide bonds. The highest BCUT2D eigenvalue weighted by atomic mass is 32.2. The third kappa shape index (κ3) is 2.14. The van der Waals surface area contributed by atoms with Crippen molar-refractivity contribution in [3.63, 3.8) is 0 Å². The molecule has 4 rings (SSSR count). The molecule has 3 heterocycles. The Balaban J connectivity index is 1.48. The Labute approximate surface area is 128 Å². The molecule has 0 radical (unpaired) electrons. The molecule has 0 aliphatic carbocycles. The van der Waals surface area contributed by atoms with Crippen molar-refractivity contribution in [3.05, 3.63) is 29.8 Å². The number of nitrogens with zero attached hydrogens (tertiary/aromatic N) is 1. The van der Waals surface area contributed by atoms with Crippen LogP contribution in [0.1, 0.15) is 30.9 Å². The van der Waals surface area contributed by atoms with Gasteiger partial charge in [0.2, 0.25) is 0 Å². The van der Waals surface area contributed by atoms with Crippen molar-refractivity contribution in [3.8, 4) is 0 Å². The second kappa shape index (κ2) is 5.21. The van der Waals surface area contributed by atoms with Crippen LogP contribution in [0.4, 0.5) is 4.79 Å². The number of thioether (sulfide) groups is 1. The van der Waals surface area contributed by atoms with Gasteiger partial charge in [0.25, 0.3) is 0 Å². The summed E-state index contributed by atoms with van der Waals surface area (Å²) in [5, 5.41) is 12.6.